The SMILES string of the molecule is COc1ccc(N2CCN(C(=O)[C@H]3CCCN(c4ccncc4)C3)CC2)cc1. The lowest BCUT2D eigenvalue weighted by atomic mass is 9.95. The highest BCUT2D eigenvalue weighted by Crippen LogP contribution is 2.25. The molecular weight excluding hydrogens is 352 g/mol. The third kappa shape index (κ3) is 4.06. The molecule has 1 aromatic carbocycles. The number of pyridine rings is 1. The zero-order valence-electron chi connectivity index (χ0n) is 16.5. The molecule has 0 bridgehead atoms. The number of carbonyl (C=O) groups is 1. The van der Waals surface area contributed by atoms with Crippen LogP contribution in [0.2, 0.25) is 0 Å². The Hall–Kier alpha value is -2.76. The van der Waals surface area contributed by atoms with E-state index in [2.05, 4.69) is 31.8 Å². The second-order valence-corrected chi connectivity index (χ2v) is 7.50. The zero-order chi connectivity index (χ0) is 19.3. The van der Waals surface area contributed by atoms with E-state index in [1.165, 1.54) is 5.69 Å². The number of rotatable bonds is 4. The molecule has 0 saturated carbocycles. The predicted molar refractivity (Wildman–Crippen MR) is 111 cm³/mol. The molecule has 1 atom stereocenters. The first-order chi connectivity index (χ1) is 13.7. The van der Waals surface area contributed by atoms with Gasteiger partial charge in [-0.3, -0.25) is 9.78 Å². The second kappa shape index (κ2) is 8.50. The number of methoxy groups -OCH3 is 1. The number of ether oxygens (including phenoxy) is 1. The molecule has 6 nitrogen and oxygen atoms in total. The molecule has 148 valence electrons. The summed E-state index contributed by atoms with van der Waals surface area (Å²) in [5.74, 6) is 1.27. The van der Waals surface area contributed by atoms with Gasteiger partial charge in [0, 0.05) is 63.0 Å². The van der Waals surface area contributed by atoms with Crippen LogP contribution in [0.25, 0.3) is 0 Å². The maximum atomic E-state index is 13.1. The first-order valence-corrected chi connectivity index (χ1v) is 10.1. The summed E-state index contributed by atoms with van der Waals surface area (Å²) in [6.45, 7) is 5.14. The van der Waals surface area contributed by atoms with Crippen molar-refractivity contribution in [1.82, 2.24) is 9.88 Å². The zero-order valence-corrected chi connectivity index (χ0v) is 16.5. The summed E-state index contributed by atoms with van der Waals surface area (Å²) in [6, 6.07) is 12.2. The lowest BCUT2D eigenvalue weighted by Crippen LogP contribution is -2.52. The molecular formula is C22H28N4O2. The fourth-order valence-electron chi connectivity index (χ4n) is 4.20. The van der Waals surface area contributed by atoms with Crippen molar-refractivity contribution < 1.29 is 9.53 Å². The average Bonchev–Trinajstić information content (AvgIpc) is 2.79. The van der Waals surface area contributed by atoms with Crippen molar-refractivity contribution in [2.24, 2.45) is 5.92 Å². The van der Waals surface area contributed by atoms with Crippen LogP contribution in [0.3, 0.4) is 0 Å². The van der Waals surface area contributed by atoms with Gasteiger partial charge in [-0.05, 0) is 49.2 Å². The molecule has 2 aromatic rings. The van der Waals surface area contributed by atoms with E-state index in [-0.39, 0.29) is 5.92 Å². The van der Waals surface area contributed by atoms with Crippen LogP contribution >= 0.6 is 0 Å². The van der Waals surface area contributed by atoms with E-state index < -0.39 is 0 Å². The first-order valence-electron chi connectivity index (χ1n) is 10.1. The van der Waals surface area contributed by atoms with Crippen molar-refractivity contribution >= 4 is 17.3 Å². The van der Waals surface area contributed by atoms with Crippen LogP contribution in [-0.2, 0) is 4.79 Å². The summed E-state index contributed by atoms with van der Waals surface area (Å²) < 4.78 is 5.23. The number of amides is 1. The molecule has 0 N–H and O–H groups in total. The number of carbonyl (C=O) groups excluding carboxylic acids is 1. The quantitative estimate of drug-likeness (QED) is 0.816. The van der Waals surface area contributed by atoms with Crippen molar-refractivity contribution in [3.63, 3.8) is 0 Å². The van der Waals surface area contributed by atoms with Crippen molar-refractivity contribution in [3.05, 3.63) is 48.8 Å². The molecule has 6 heteroatoms. The predicted octanol–water partition coefficient (Wildman–Crippen LogP) is 2.66. The number of hydrogen-bond acceptors (Lipinski definition) is 5. The van der Waals surface area contributed by atoms with Gasteiger partial charge in [0.1, 0.15) is 5.75 Å². The minimum Gasteiger partial charge on any atom is -0.497 e. The van der Waals surface area contributed by atoms with Crippen LogP contribution in [-0.4, -0.2) is 62.2 Å². The minimum absolute atomic E-state index is 0.0921. The molecule has 4 rings (SSSR count). The number of piperidine rings is 1. The summed E-state index contributed by atoms with van der Waals surface area (Å²) in [6.07, 6.45) is 5.68. The van der Waals surface area contributed by atoms with Gasteiger partial charge in [-0.1, -0.05) is 0 Å². The number of benzene rings is 1. The van der Waals surface area contributed by atoms with Gasteiger partial charge < -0.3 is 19.4 Å². The Bertz CT molecular complexity index is 773. The van der Waals surface area contributed by atoms with E-state index in [9.17, 15) is 4.79 Å². The van der Waals surface area contributed by atoms with E-state index in [1.807, 2.05) is 36.7 Å². The third-order valence-corrected chi connectivity index (χ3v) is 5.83. The van der Waals surface area contributed by atoms with Crippen LogP contribution in [0.5, 0.6) is 5.75 Å². The maximum absolute atomic E-state index is 13.1. The van der Waals surface area contributed by atoms with Gasteiger partial charge in [-0.2, -0.15) is 0 Å². The third-order valence-electron chi connectivity index (χ3n) is 5.83. The summed E-state index contributed by atoms with van der Waals surface area (Å²) >= 11 is 0. The topological polar surface area (TPSA) is 48.9 Å². The molecule has 28 heavy (non-hydrogen) atoms. The Morgan fingerprint density at radius 1 is 0.929 bits per heavy atom. The smallest absolute Gasteiger partial charge is 0.227 e. The highest BCUT2D eigenvalue weighted by molar-refractivity contribution is 5.80. The van der Waals surface area contributed by atoms with Gasteiger partial charge in [-0.25, -0.2) is 0 Å². The van der Waals surface area contributed by atoms with E-state index >= 15 is 0 Å². The molecule has 2 aliphatic heterocycles. The average molecular weight is 380 g/mol. The van der Waals surface area contributed by atoms with Crippen molar-refractivity contribution in [2.45, 2.75) is 12.8 Å². The van der Waals surface area contributed by atoms with Gasteiger partial charge in [-0.15, -0.1) is 0 Å². The second-order valence-electron chi connectivity index (χ2n) is 7.50. The van der Waals surface area contributed by atoms with Crippen molar-refractivity contribution in [3.8, 4) is 5.75 Å². The number of anilines is 2. The fraction of sp³-hybridized carbons (Fsp3) is 0.455. The van der Waals surface area contributed by atoms with Crippen LogP contribution in [0.15, 0.2) is 48.8 Å². The van der Waals surface area contributed by atoms with Crippen LogP contribution in [0, 0.1) is 5.92 Å². The monoisotopic (exact) mass is 380 g/mol. The highest BCUT2D eigenvalue weighted by atomic mass is 16.5. The number of aromatic nitrogens is 1. The molecule has 2 saturated heterocycles. The number of piperazine rings is 1. The standard InChI is InChI=1S/C22H28N4O2/c1-28-21-6-4-19(5-7-21)24-13-15-25(16-14-24)22(27)18-3-2-12-26(17-18)20-8-10-23-11-9-20/h4-11,18H,2-3,12-17H2,1H3/t18-/m0/s1. The van der Waals surface area contributed by atoms with E-state index in [1.54, 1.807) is 7.11 Å². The normalized spacial score (nSPS) is 20.2. The number of hydrogen-bond donors (Lipinski definition) is 0. The van der Waals surface area contributed by atoms with E-state index in [0.717, 1.165) is 63.5 Å². The Morgan fingerprint density at radius 3 is 2.29 bits per heavy atom. The molecule has 1 aromatic heterocycles. The summed E-state index contributed by atoms with van der Waals surface area (Å²) in [7, 11) is 1.68. The molecule has 0 unspecified atom stereocenters. The summed E-state index contributed by atoms with van der Waals surface area (Å²) in [5.41, 5.74) is 2.35. The molecule has 0 aliphatic carbocycles. The molecule has 2 aliphatic rings. The number of nitrogens with zero attached hydrogens (tertiary/aromatic N) is 4. The fourth-order valence-corrected chi connectivity index (χ4v) is 4.20. The molecule has 0 radical (unpaired) electrons. The van der Waals surface area contributed by atoms with Crippen LogP contribution in [0.4, 0.5) is 11.4 Å². The maximum Gasteiger partial charge on any atom is 0.227 e. The van der Waals surface area contributed by atoms with Crippen molar-refractivity contribution in [1.29, 1.82) is 0 Å². The van der Waals surface area contributed by atoms with Gasteiger partial charge in [0.25, 0.3) is 0 Å². The van der Waals surface area contributed by atoms with E-state index in [4.69, 9.17) is 4.74 Å². The summed E-state index contributed by atoms with van der Waals surface area (Å²) in [4.78, 5) is 23.9. The molecule has 1 amide bonds. The van der Waals surface area contributed by atoms with E-state index in [0.29, 0.717) is 5.91 Å². The lowest BCUT2D eigenvalue weighted by molar-refractivity contribution is -0.136. The molecule has 2 fully saturated rings. The largest absolute Gasteiger partial charge is 0.497 e. The summed E-state index contributed by atoms with van der Waals surface area (Å²) in [5, 5.41) is 0. The van der Waals surface area contributed by atoms with Gasteiger partial charge in [0.2, 0.25) is 5.91 Å². The lowest BCUT2D eigenvalue weighted by Gasteiger charge is -2.40. The molecule has 3 heterocycles. The van der Waals surface area contributed by atoms with Crippen molar-refractivity contribution in [2.75, 3.05) is 56.2 Å². The Kier molecular flexibility index (Phi) is 5.65. The Labute approximate surface area is 166 Å². The highest BCUT2D eigenvalue weighted by Gasteiger charge is 2.31. The first kappa shape index (κ1) is 18.6. The van der Waals surface area contributed by atoms with Gasteiger partial charge >= 0.3 is 0 Å². The molecule has 0 spiro atoms. The van der Waals surface area contributed by atoms with Crippen LogP contribution < -0.4 is 14.5 Å². The Morgan fingerprint density at radius 2 is 1.61 bits per heavy atom. The van der Waals surface area contributed by atoms with Gasteiger partial charge in [0.15, 0.2) is 0 Å². The minimum atomic E-state index is 0.0921. The van der Waals surface area contributed by atoms with Crippen LogP contribution in [0.1, 0.15) is 12.8 Å². The van der Waals surface area contributed by atoms with Gasteiger partial charge in [0.05, 0.1) is 13.0 Å². The Balaban J connectivity index is 1.33.